The van der Waals surface area contributed by atoms with Gasteiger partial charge in [-0.1, -0.05) is 23.7 Å². The minimum absolute atomic E-state index is 0.238. The average molecular weight is 497 g/mol. The van der Waals surface area contributed by atoms with Gasteiger partial charge in [-0.15, -0.1) is 0 Å². The van der Waals surface area contributed by atoms with Gasteiger partial charge in [0.05, 0.1) is 36.3 Å². The normalized spacial score (nSPS) is 12.6. The summed E-state index contributed by atoms with van der Waals surface area (Å²) in [5.41, 5.74) is 2.30. The van der Waals surface area contributed by atoms with Gasteiger partial charge in [0, 0.05) is 25.3 Å². The quantitative estimate of drug-likeness (QED) is 0.448. The lowest BCUT2D eigenvalue weighted by Gasteiger charge is -2.21. The Morgan fingerprint density at radius 1 is 1.20 bits per heavy atom. The number of hydrogen-bond acceptors (Lipinski definition) is 8. The van der Waals surface area contributed by atoms with Gasteiger partial charge in [0.2, 0.25) is 5.95 Å². The number of benzene rings is 2. The lowest BCUT2D eigenvalue weighted by atomic mass is 10.1. The van der Waals surface area contributed by atoms with Crippen molar-refractivity contribution in [3.63, 3.8) is 0 Å². The fourth-order valence-corrected chi connectivity index (χ4v) is 3.68. The summed E-state index contributed by atoms with van der Waals surface area (Å²) in [6.07, 6.45) is 1.74. The second-order valence-electron chi connectivity index (χ2n) is 7.50. The lowest BCUT2D eigenvalue weighted by molar-refractivity contribution is 0.0964. The molecule has 4 rings (SSSR count). The van der Waals surface area contributed by atoms with Gasteiger partial charge in [-0.05, 0) is 37.6 Å². The van der Waals surface area contributed by atoms with Crippen molar-refractivity contribution in [1.29, 1.82) is 0 Å². The average Bonchev–Trinajstić information content (AvgIpc) is 3.08. The molecule has 0 unspecified atom stereocenters. The minimum Gasteiger partial charge on any atom is -0.491 e. The van der Waals surface area contributed by atoms with Gasteiger partial charge in [0.25, 0.3) is 5.91 Å². The Morgan fingerprint density at radius 2 is 2.03 bits per heavy atom. The molecule has 10 nitrogen and oxygen atoms in total. The van der Waals surface area contributed by atoms with Crippen molar-refractivity contribution in [2.45, 2.75) is 13.3 Å². The molecule has 182 valence electrons. The minimum atomic E-state index is -0.409. The maximum Gasteiger partial charge on any atom is 0.414 e. The van der Waals surface area contributed by atoms with Gasteiger partial charge in [-0.25, -0.2) is 9.78 Å². The highest BCUT2D eigenvalue weighted by molar-refractivity contribution is 6.33. The van der Waals surface area contributed by atoms with Crippen molar-refractivity contribution >= 4 is 52.4 Å². The smallest absolute Gasteiger partial charge is 0.414 e. The number of carbonyl (C=O) groups is 2. The maximum absolute atomic E-state index is 12.4. The predicted molar refractivity (Wildman–Crippen MR) is 134 cm³/mol. The zero-order valence-corrected chi connectivity index (χ0v) is 20.1. The third-order valence-corrected chi connectivity index (χ3v) is 5.45. The number of ether oxygens (including phenoxy) is 2. The summed E-state index contributed by atoms with van der Waals surface area (Å²) in [7, 11) is 1.56. The lowest BCUT2D eigenvalue weighted by Crippen LogP contribution is -2.32. The van der Waals surface area contributed by atoms with Crippen LogP contribution in [0.2, 0.25) is 5.02 Å². The van der Waals surface area contributed by atoms with Crippen molar-refractivity contribution in [1.82, 2.24) is 15.3 Å². The first-order chi connectivity index (χ1) is 17.0. The number of nitrogens with zero attached hydrogens (tertiary/aromatic N) is 3. The number of hydrogen-bond donors (Lipinski definition) is 3. The Morgan fingerprint density at radius 3 is 2.83 bits per heavy atom. The van der Waals surface area contributed by atoms with Crippen molar-refractivity contribution in [3.05, 3.63) is 59.2 Å². The van der Waals surface area contributed by atoms with E-state index in [-0.39, 0.29) is 16.9 Å². The molecule has 0 fully saturated rings. The Bertz CT molecular complexity index is 1240. The summed E-state index contributed by atoms with van der Waals surface area (Å²) in [5, 5.41) is 9.14. The topological polar surface area (TPSA) is 118 Å². The number of aromatic nitrogens is 2. The molecule has 0 atom stereocenters. The SMILES string of the molecule is CCOC(=O)N1CCCOc2cc(Nc3ncc(Cl)c(Nc4ccccc4C(=O)NC)n3)ccc21. The summed E-state index contributed by atoms with van der Waals surface area (Å²) in [6.45, 7) is 3.05. The molecule has 0 bridgehead atoms. The number of fused-ring (bicyclic) bond motifs is 1. The van der Waals surface area contributed by atoms with E-state index in [1.807, 2.05) is 0 Å². The van der Waals surface area contributed by atoms with E-state index >= 15 is 0 Å². The van der Waals surface area contributed by atoms with Crippen LogP contribution in [-0.2, 0) is 4.74 Å². The summed E-state index contributed by atoms with van der Waals surface area (Å²) in [5.74, 6) is 0.927. The van der Waals surface area contributed by atoms with E-state index in [0.29, 0.717) is 60.4 Å². The molecule has 1 aliphatic heterocycles. The van der Waals surface area contributed by atoms with Crippen LogP contribution in [0.3, 0.4) is 0 Å². The van der Waals surface area contributed by atoms with Crippen LogP contribution in [0.25, 0.3) is 0 Å². The molecule has 0 spiro atoms. The van der Waals surface area contributed by atoms with E-state index in [2.05, 4.69) is 25.9 Å². The van der Waals surface area contributed by atoms with Gasteiger partial charge < -0.3 is 25.4 Å². The molecule has 0 radical (unpaired) electrons. The summed E-state index contributed by atoms with van der Waals surface area (Å²) in [6, 6.07) is 12.4. The largest absolute Gasteiger partial charge is 0.491 e. The standard InChI is InChI=1S/C24H25ClN6O4/c1-3-34-24(33)31-11-6-12-35-20-13-15(9-10-19(20)31)28-23-27-14-17(25)21(30-23)29-18-8-5-4-7-16(18)22(32)26-2/h4-5,7-10,13-14H,3,6,11-12H2,1-2H3,(H,26,32)(H2,27,28,29,30). The van der Waals surface area contributed by atoms with Crippen molar-refractivity contribution in [3.8, 4) is 5.75 Å². The summed E-state index contributed by atoms with van der Waals surface area (Å²) in [4.78, 5) is 34.8. The molecule has 1 aromatic heterocycles. The molecule has 2 aromatic carbocycles. The van der Waals surface area contributed by atoms with Crippen LogP contribution < -0.4 is 25.6 Å². The molecule has 0 saturated heterocycles. The van der Waals surface area contributed by atoms with E-state index in [0.717, 1.165) is 0 Å². The van der Waals surface area contributed by atoms with Gasteiger partial charge in [-0.3, -0.25) is 9.69 Å². The molecule has 3 aromatic rings. The van der Waals surface area contributed by atoms with Crippen molar-refractivity contribution in [2.24, 2.45) is 0 Å². The fourth-order valence-electron chi connectivity index (χ4n) is 3.54. The van der Waals surface area contributed by atoms with Gasteiger partial charge >= 0.3 is 6.09 Å². The van der Waals surface area contributed by atoms with E-state index < -0.39 is 6.09 Å². The molecule has 11 heteroatoms. The molecular weight excluding hydrogens is 472 g/mol. The number of amides is 2. The molecule has 2 heterocycles. The summed E-state index contributed by atoms with van der Waals surface area (Å²) >= 11 is 6.31. The van der Waals surface area contributed by atoms with Gasteiger partial charge in [0.15, 0.2) is 5.82 Å². The Hall–Kier alpha value is -4.05. The highest BCUT2D eigenvalue weighted by Gasteiger charge is 2.23. The maximum atomic E-state index is 12.4. The van der Waals surface area contributed by atoms with E-state index in [1.165, 1.54) is 6.20 Å². The second-order valence-corrected chi connectivity index (χ2v) is 7.91. The zero-order valence-electron chi connectivity index (χ0n) is 19.3. The Labute approximate surface area is 207 Å². The van der Waals surface area contributed by atoms with Crippen LogP contribution in [0.5, 0.6) is 5.75 Å². The second kappa shape index (κ2) is 10.9. The first-order valence-corrected chi connectivity index (χ1v) is 11.5. The molecule has 0 aliphatic carbocycles. The fraction of sp³-hybridized carbons (Fsp3) is 0.250. The molecule has 3 N–H and O–H groups in total. The predicted octanol–water partition coefficient (Wildman–Crippen LogP) is 4.72. The Kier molecular flexibility index (Phi) is 7.51. The van der Waals surface area contributed by atoms with Crippen LogP contribution in [0.1, 0.15) is 23.7 Å². The number of carbonyl (C=O) groups excluding carboxylic acids is 2. The third-order valence-electron chi connectivity index (χ3n) is 5.17. The molecule has 1 aliphatic rings. The summed E-state index contributed by atoms with van der Waals surface area (Å²) < 4.78 is 11.0. The van der Waals surface area contributed by atoms with E-state index in [4.69, 9.17) is 21.1 Å². The molecule has 0 saturated carbocycles. The molecular formula is C24H25ClN6O4. The first-order valence-electron chi connectivity index (χ1n) is 11.1. The van der Waals surface area contributed by atoms with Gasteiger partial charge in [0.1, 0.15) is 10.8 Å². The third kappa shape index (κ3) is 5.55. The van der Waals surface area contributed by atoms with Gasteiger partial charge in [-0.2, -0.15) is 4.98 Å². The van der Waals surface area contributed by atoms with Crippen molar-refractivity contribution < 1.29 is 19.1 Å². The number of halogens is 1. The monoisotopic (exact) mass is 496 g/mol. The van der Waals surface area contributed by atoms with Crippen molar-refractivity contribution in [2.75, 3.05) is 42.3 Å². The molecule has 2 amide bonds. The van der Waals surface area contributed by atoms with Crippen LogP contribution >= 0.6 is 11.6 Å². The van der Waals surface area contributed by atoms with E-state index in [1.54, 1.807) is 61.3 Å². The van der Waals surface area contributed by atoms with Crippen LogP contribution in [-0.4, -0.2) is 48.8 Å². The highest BCUT2D eigenvalue weighted by Crippen LogP contribution is 2.35. The number of para-hydroxylation sites is 1. The molecule has 35 heavy (non-hydrogen) atoms. The number of rotatable bonds is 6. The first kappa shape index (κ1) is 24.1. The number of nitrogens with one attached hydrogen (secondary N) is 3. The van der Waals surface area contributed by atoms with Crippen LogP contribution in [0, 0.1) is 0 Å². The highest BCUT2D eigenvalue weighted by atomic mass is 35.5. The van der Waals surface area contributed by atoms with Crippen LogP contribution in [0.4, 0.5) is 33.6 Å². The number of anilines is 5. The zero-order chi connectivity index (χ0) is 24.8. The van der Waals surface area contributed by atoms with Crippen LogP contribution in [0.15, 0.2) is 48.7 Å². The van der Waals surface area contributed by atoms with E-state index in [9.17, 15) is 9.59 Å². The Balaban J connectivity index is 1.57.